The Bertz CT molecular complexity index is 1370. The molecule has 0 radical (unpaired) electrons. The van der Waals surface area contributed by atoms with Crippen molar-refractivity contribution in [1.82, 2.24) is 0 Å². The summed E-state index contributed by atoms with van der Waals surface area (Å²) in [5, 5.41) is 1.04. The van der Waals surface area contributed by atoms with E-state index in [2.05, 4.69) is 0 Å². The van der Waals surface area contributed by atoms with Crippen LogP contribution >= 0.6 is 0 Å². The highest BCUT2D eigenvalue weighted by Gasteiger charge is 2.34. The smallest absolute Gasteiger partial charge is 0.330 e. The van der Waals surface area contributed by atoms with Gasteiger partial charge in [-0.05, 0) is 74.2 Å². The fraction of sp³-hybridized carbons (Fsp3) is 0.300. The summed E-state index contributed by atoms with van der Waals surface area (Å²) in [5.41, 5.74) is 2.32. The minimum Gasteiger partial charge on any atom is -0.755 e. The third-order valence-electron chi connectivity index (χ3n) is 5.86. The summed E-state index contributed by atoms with van der Waals surface area (Å²) in [7, 11) is 0. The minimum absolute atomic E-state index is 0.297. The maximum atomic E-state index is 12.9. The Morgan fingerprint density at radius 1 is 0.974 bits per heavy atom. The van der Waals surface area contributed by atoms with Gasteiger partial charge in [0, 0.05) is 22.3 Å². The third-order valence-corrected chi connectivity index (χ3v) is 6.62. The summed E-state index contributed by atoms with van der Waals surface area (Å²) in [6.07, 6.45) is 0. The molecule has 0 N–H and O–H groups in total. The fourth-order valence-electron chi connectivity index (χ4n) is 4.15. The van der Waals surface area contributed by atoms with E-state index < -0.39 is 28.9 Å². The van der Waals surface area contributed by atoms with E-state index in [4.69, 9.17) is 13.9 Å². The number of esters is 1. The zero-order chi connectivity index (χ0) is 27.4. The number of hydrogen-bond donors (Lipinski definition) is 0. The standard InChI is InChI=1S/C30H33NO6S/c1-20(2)28(29(32)37-30(3,4)5)31(38(33)34)24-14-10-21(11-15-24)22-12-16-25(17-13-22)35-19-26-18-23-8-6-7-9-27(23)36-26/h6-18,20,28H,19H2,1-5H3,(H,33,34)/p-1. The van der Waals surface area contributed by atoms with Gasteiger partial charge in [-0.25, -0.2) is 4.79 Å². The van der Waals surface area contributed by atoms with Crippen molar-refractivity contribution in [2.75, 3.05) is 4.31 Å². The van der Waals surface area contributed by atoms with Gasteiger partial charge in [0.1, 0.15) is 35.3 Å². The quantitative estimate of drug-likeness (QED) is 0.176. The van der Waals surface area contributed by atoms with Crippen LogP contribution in [-0.4, -0.2) is 26.4 Å². The number of para-hydroxylation sites is 1. The zero-order valence-electron chi connectivity index (χ0n) is 22.2. The number of carbonyl (C=O) groups is 1. The first-order valence-corrected chi connectivity index (χ1v) is 13.5. The molecule has 38 heavy (non-hydrogen) atoms. The van der Waals surface area contributed by atoms with Gasteiger partial charge in [-0.15, -0.1) is 0 Å². The number of rotatable bonds is 9. The molecule has 0 bridgehead atoms. The summed E-state index contributed by atoms with van der Waals surface area (Å²) in [6, 6.07) is 23.5. The second-order valence-electron chi connectivity index (χ2n) is 10.4. The maximum Gasteiger partial charge on any atom is 0.330 e. The normalized spacial score (nSPS) is 13.3. The Morgan fingerprint density at radius 3 is 2.13 bits per heavy atom. The van der Waals surface area contributed by atoms with E-state index in [1.165, 1.54) is 0 Å². The molecule has 200 valence electrons. The van der Waals surface area contributed by atoms with Crippen LogP contribution < -0.4 is 9.04 Å². The van der Waals surface area contributed by atoms with Gasteiger partial charge >= 0.3 is 5.97 Å². The second kappa shape index (κ2) is 11.4. The molecule has 4 rings (SSSR count). The Morgan fingerprint density at radius 2 is 1.58 bits per heavy atom. The number of benzene rings is 3. The topological polar surface area (TPSA) is 92.0 Å². The highest BCUT2D eigenvalue weighted by atomic mass is 32.2. The van der Waals surface area contributed by atoms with E-state index in [9.17, 15) is 13.6 Å². The van der Waals surface area contributed by atoms with E-state index in [1.807, 2.05) is 66.7 Å². The van der Waals surface area contributed by atoms with E-state index >= 15 is 0 Å². The van der Waals surface area contributed by atoms with Crippen LogP contribution in [0.2, 0.25) is 0 Å². The zero-order valence-corrected chi connectivity index (χ0v) is 23.0. The highest BCUT2D eigenvalue weighted by molar-refractivity contribution is 7.80. The summed E-state index contributed by atoms with van der Waals surface area (Å²) in [5.74, 6) is 0.571. The van der Waals surface area contributed by atoms with E-state index in [1.54, 1.807) is 46.8 Å². The lowest BCUT2D eigenvalue weighted by Crippen LogP contribution is -2.48. The second-order valence-corrected chi connectivity index (χ2v) is 11.2. The van der Waals surface area contributed by atoms with Crippen molar-refractivity contribution in [3.63, 3.8) is 0 Å². The molecule has 7 nitrogen and oxygen atoms in total. The fourth-order valence-corrected chi connectivity index (χ4v) is 4.96. The van der Waals surface area contributed by atoms with Crippen molar-refractivity contribution in [3.8, 4) is 16.9 Å². The average molecular weight is 535 g/mol. The molecule has 2 unspecified atom stereocenters. The Balaban J connectivity index is 1.47. The van der Waals surface area contributed by atoms with Crippen LogP contribution in [0.3, 0.4) is 0 Å². The van der Waals surface area contributed by atoms with Crippen molar-refractivity contribution in [2.24, 2.45) is 5.92 Å². The van der Waals surface area contributed by atoms with E-state index in [0.29, 0.717) is 18.0 Å². The molecule has 0 aliphatic rings. The number of anilines is 1. The van der Waals surface area contributed by atoms with Crippen molar-refractivity contribution < 1.29 is 27.4 Å². The predicted molar refractivity (Wildman–Crippen MR) is 148 cm³/mol. The predicted octanol–water partition coefficient (Wildman–Crippen LogP) is 6.65. The maximum absolute atomic E-state index is 12.9. The molecule has 2 atom stereocenters. The lowest BCUT2D eigenvalue weighted by atomic mass is 10.0. The molecule has 0 saturated heterocycles. The number of hydrogen-bond acceptors (Lipinski definition) is 6. The van der Waals surface area contributed by atoms with Crippen molar-refractivity contribution >= 4 is 33.9 Å². The monoisotopic (exact) mass is 534 g/mol. The van der Waals surface area contributed by atoms with Gasteiger partial charge in [-0.3, -0.25) is 8.51 Å². The van der Waals surface area contributed by atoms with Crippen LogP contribution in [0.4, 0.5) is 5.69 Å². The van der Waals surface area contributed by atoms with Crippen LogP contribution in [0.1, 0.15) is 40.4 Å². The van der Waals surface area contributed by atoms with Crippen molar-refractivity contribution in [2.45, 2.75) is 52.9 Å². The first kappa shape index (κ1) is 27.4. The van der Waals surface area contributed by atoms with E-state index in [0.717, 1.165) is 32.2 Å². The Kier molecular flexibility index (Phi) is 8.23. The van der Waals surface area contributed by atoms with Crippen LogP contribution in [0.25, 0.3) is 22.1 Å². The average Bonchev–Trinajstić information content (AvgIpc) is 3.28. The van der Waals surface area contributed by atoms with Gasteiger partial charge in [0.2, 0.25) is 0 Å². The molecular formula is C30H32NO6S-. The number of carbonyl (C=O) groups excluding carboxylic acids is 1. The molecule has 0 aliphatic carbocycles. The van der Waals surface area contributed by atoms with Crippen LogP contribution in [0.5, 0.6) is 5.75 Å². The number of ether oxygens (including phenoxy) is 2. The lowest BCUT2D eigenvalue weighted by molar-refractivity contribution is -0.157. The first-order valence-electron chi connectivity index (χ1n) is 12.4. The number of fused-ring (bicyclic) bond motifs is 1. The lowest BCUT2D eigenvalue weighted by Gasteiger charge is -2.36. The summed E-state index contributed by atoms with van der Waals surface area (Å²) < 4.78 is 42.7. The molecule has 0 fully saturated rings. The molecule has 0 aliphatic heterocycles. The van der Waals surface area contributed by atoms with Gasteiger partial charge in [0.25, 0.3) is 0 Å². The highest BCUT2D eigenvalue weighted by Crippen LogP contribution is 2.29. The molecule has 3 aromatic carbocycles. The number of furan rings is 1. The third kappa shape index (κ3) is 6.62. The molecule has 4 aromatic rings. The van der Waals surface area contributed by atoms with Crippen LogP contribution in [0.15, 0.2) is 83.3 Å². The van der Waals surface area contributed by atoms with Gasteiger partial charge < -0.3 is 18.4 Å². The van der Waals surface area contributed by atoms with Crippen LogP contribution in [0, 0.1) is 5.92 Å². The molecule has 0 spiro atoms. The Hall–Kier alpha value is -3.62. The molecule has 8 heteroatoms. The molecule has 1 heterocycles. The molecule has 1 aromatic heterocycles. The largest absolute Gasteiger partial charge is 0.755 e. The summed E-state index contributed by atoms with van der Waals surface area (Å²) in [4.78, 5) is 12.9. The van der Waals surface area contributed by atoms with Crippen molar-refractivity contribution in [3.05, 3.63) is 84.6 Å². The van der Waals surface area contributed by atoms with Gasteiger partial charge in [0.15, 0.2) is 0 Å². The molecular weight excluding hydrogens is 502 g/mol. The SMILES string of the molecule is CC(C)C(C(=O)OC(C)(C)C)N(c1ccc(-c2ccc(OCc3cc4ccccc4o3)cc2)cc1)S(=O)[O-]. The minimum atomic E-state index is -2.67. The van der Waals surface area contributed by atoms with E-state index in [-0.39, 0.29) is 5.92 Å². The Labute approximate surface area is 225 Å². The van der Waals surface area contributed by atoms with Gasteiger partial charge in [-0.2, -0.15) is 0 Å². The first-order chi connectivity index (χ1) is 18.0. The van der Waals surface area contributed by atoms with Crippen molar-refractivity contribution in [1.29, 1.82) is 0 Å². The van der Waals surface area contributed by atoms with Gasteiger partial charge in [0.05, 0.1) is 0 Å². The molecule has 0 saturated carbocycles. The van der Waals surface area contributed by atoms with Crippen LogP contribution in [-0.2, 0) is 27.4 Å². The summed E-state index contributed by atoms with van der Waals surface area (Å²) in [6.45, 7) is 9.17. The molecule has 0 amide bonds. The summed E-state index contributed by atoms with van der Waals surface area (Å²) >= 11 is -2.67. The van der Waals surface area contributed by atoms with Gasteiger partial charge in [-0.1, -0.05) is 56.3 Å². The number of nitrogens with zero attached hydrogens (tertiary/aromatic N) is 1.